The summed E-state index contributed by atoms with van der Waals surface area (Å²) in [5.74, 6) is 0. The number of aromatic nitrogens is 1. The van der Waals surface area contributed by atoms with Gasteiger partial charge in [0.2, 0.25) is 0 Å². The van der Waals surface area contributed by atoms with Crippen molar-refractivity contribution in [2.75, 3.05) is 18.5 Å². The van der Waals surface area contributed by atoms with Crippen LogP contribution in [0.3, 0.4) is 0 Å². The third-order valence-electron chi connectivity index (χ3n) is 2.59. The number of hydrogen-bond donors (Lipinski definition) is 1. The quantitative estimate of drug-likeness (QED) is 0.805. The molecule has 0 atom stereocenters. The van der Waals surface area contributed by atoms with Crippen LogP contribution in [0.1, 0.15) is 31.1 Å². The Morgan fingerprint density at radius 1 is 1.60 bits per heavy atom. The molecule has 0 spiro atoms. The number of anilines is 1. The molecule has 4 heteroatoms. The molecule has 0 saturated heterocycles. The second-order valence-corrected chi connectivity index (χ2v) is 5.16. The SMILES string of the molecule is CCCN(c1ncc(CNC)s1)C1CC1. The van der Waals surface area contributed by atoms with Gasteiger partial charge in [-0.3, -0.25) is 0 Å². The van der Waals surface area contributed by atoms with Gasteiger partial charge in [0.25, 0.3) is 0 Å². The zero-order chi connectivity index (χ0) is 10.7. The minimum absolute atomic E-state index is 0.776. The van der Waals surface area contributed by atoms with Gasteiger partial charge in [0.15, 0.2) is 5.13 Å². The molecule has 1 aromatic heterocycles. The van der Waals surface area contributed by atoms with E-state index in [1.54, 1.807) is 0 Å². The molecule has 15 heavy (non-hydrogen) atoms. The smallest absolute Gasteiger partial charge is 0.185 e. The summed E-state index contributed by atoms with van der Waals surface area (Å²) >= 11 is 1.83. The summed E-state index contributed by atoms with van der Waals surface area (Å²) < 4.78 is 0. The highest BCUT2D eigenvalue weighted by atomic mass is 32.1. The molecule has 0 amide bonds. The highest BCUT2D eigenvalue weighted by molar-refractivity contribution is 7.15. The molecule has 1 aliphatic carbocycles. The van der Waals surface area contributed by atoms with Crippen LogP contribution < -0.4 is 10.2 Å². The zero-order valence-electron chi connectivity index (χ0n) is 9.49. The zero-order valence-corrected chi connectivity index (χ0v) is 10.3. The van der Waals surface area contributed by atoms with Gasteiger partial charge >= 0.3 is 0 Å². The Labute approximate surface area is 95.5 Å². The summed E-state index contributed by atoms with van der Waals surface area (Å²) in [6, 6.07) is 0.776. The molecule has 1 saturated carbocycles. The average molecular weight is 225 g/mol. The molecular formula is C11H19N3S. The first-order valence-corrected chi connectivity index (χ1v) is 6.52. The van der Waals surface area contributed by atoms with Crippen LogP contribution in [0.2, 0.25) is 0 Å². The molecular weight excluding hydrogens is 206 g/mol. The molecule has 3 nitrogen and oxygen atoms in total. The fraction of sp³-hybridized carbons (Fsp3) is 0.727. The second-order valence-electron chi connectivity index (χ2n) is 4.06. The van der Waals surface area contributed by atoms with E-state index in [2.05, 4.69) is 22.1 Å². The normalized spacial score (nSPS) is 15.6. The Bertz CT molecular complexity index is 307. The summed E-state index contributed by atoms with van der Waals surface area (Å²) in [7, 11) is 1.98. The maximum atomic E-state index is 4.52. The van der Waals surface area contributed by atoms with Crippen LogP contribution in [0.15, 0.2) is 6.20 Å². The van der Waals surface area contributed by atoms with Gasteiger partial charge in [-0.05, 0) is 26.3 Å². The summed E-state index contributed by atoms with van der Waals surface area (Å²) in [5, 5.41) is 4.38. The maximum Gasteiger partial charge on any atom is 0.185 e. The van der Waals surface area contributed by atoms with E-state index in [1.807, 2.05) is 24.6 Å². The monoisotopic (exact) mass is 225 g/mol. The van der Waals surface area contributed by atoms with E-state index in [4.69, 9.17) is 0 Å². The van der Waals surface area contributed by atoms with Crippen molar-refractivity contribution in [2.45, 2.75) is 38.8 Å². The van der Waals surface area contributed by atoms with Gasteiger partial charge in [0, 0.05) is 30.2 Å². The van der Waals surface area contributed by atoms with E-state index in [9.17, 15) is 0 Å². The van der Waals surface area contributed by atoms with Crippen LogP contribution in [0.5, 0.6) is 0 Å². The van der Waals surface area contributed by atoms with Gasteiger partial charge in [0.1, 0.15) is 0 Å². The van der Waals surface area contributed by atoms with Crippen molar-refractivity contribution in [3.8, 4) is 0 Å². The minimum atomic E-state index is 0.776. The summed E-state index contributed by atoms with van der Waals surface area (Å²) in [5.41, 5.74) is 0. The molecule has 1 aromatic rings. The number of hydrogen-bond acceptors (Lipinski definition) is 4. The van der Waals surface area contributed by atoms with E-state index < -0.39 is 0 Å². The van der Waals surface area contributed by atoms with Gasteiger partial charge in [-0.15, -0.1) is 11.3 Å². The lowest BCUT2D eigenvalue weighted by molar-refractivity contribution is 0.759. The first kappa shape index (κ1) is 10.9. The van der Waals surface area contributed by atoms with Gasteiger partial charge in [0.05, 0.1) is 0 Å². The molecule has 0 aromatic carbocycles. The Hall–Kier alpha value is -0.610. The molecule has 2 rings (SSSR count). The third kappa shape index (κ3) is 2.69. The lowest BCUT2D eigenvalue weighted by atomic mass is 10.4. The summed E-state index contributed by atoms with van der Waals surface area (Å²) in [4.78, 5) is 8.32. The molecule has 1 fully saturated rings. The van der Waals surface area contributed by atoms with Gasteiger partial charge in [-0.25, -0.2) is 4.98 Å². The van der Waals surface area contributed by atoms with Crippen LogP contribution >= 0.6 is 11.3 Å². The van der Waals surface area contributed by atoms with E-state index in [0.717, 1.165) is 19.1 Å². The minimum Gasteiger partial charge on any atom is -0.345 e. The van der Waals surface area contributed by atoms with E-state index in [-0.39, 0.29) is 0 Å². The molecule has 0 aliphatic heterocycles. The molecule has 0 unspecified atom stereocenters. The van der Waals surface area contributed by atoms with Gasteiger partial charge < -0.3 is 10.2 Å². The standard InChI is InChI=1S/C11H19N3S/c1-3-6-14(9-4-5-9)11-13-8-10(15-11)7-12-2/h8-9,12H,3-7H2,1-2H3. The van der Waals surface area contributed by atoms with Crippen molar-refractivity contribution in [3.63, 3.8) is 0 Å². The molecule has 1 heterocycles. The van der Waals surface area contributed by atoms with Crippen molar-refractivity contribution < 1.29 is 0 Å². The topological polar surface area (TPSA) is 28.2 Å². The lowest BCUT2D eigenvalue weighted by Crippen LogP contribution is -2.26. The van der Waals surface area contributed by atoms with Crippen LogP contribution in [-0.4, -0.2) is 24.6 Å². The van der Waals surface area contributed by atoms with Crippen molar-refractivity contribution in [1.29, 1.82) is 0 Å². The van der Waals surface area contributed by atoms with Crippen molar-refractivity contribution in [3.05, 3.63) is 11.1 Å². The summed E-state index contributed by atoms with van der Waals surface area (Å²) in [6.07, 6.45) is 5.90. The first-order chi connectivity index (χ1) is 7.35. The molecule has 1 N–H and O–H groups in total. The van der Waals surface area contributed by atoms with Crippen molar-refractivity contribution in [2.24, 2.45) is 0 Å². The summed E-state index contributed by atoms with van der Waals surface area (Å²) in [6.45, 7) is 4.32. The van der Waals surface area contributed by atoms with Crippen molar-refractivity contribution >= 4 is 16.5 Å². The number of rotatable bonds is 6. The third-order valence-corrected chi connectivity index (χ3v) is 3.62. The van der Waals surface area contributed by atoms with Gasteiger partial charge in [-0.2, -0.15) is 0 Å². The van der Waals surface area contributed by atoms with Crippen LogP contribution in [0, 0.1) is 0 Å². The Morgan fingerprint density at radius 3 is 3.00 bits per heavy atom. The van der Waals surface area contributed by atoms with Crippen LogP contribution in [0.25, 0.3) is 0 Å². The predicted octanol–water partition coefficient (Wildman–Crippen LogP) is 2.24. The van der Waals surface area contributed by atoms with Crippen LogP contribution in [0.4, 0.5) is 5.13 Å². The highest BCUT2D eigenvalue weighted by Gasteiger charge is 2.30. The van der Waals surface area contributed by atoms with E-state index >= 15 is 0 Å². The Balaban J connectivity index is 2.04. The van der Waals surface area contributed by atoms with E-state index in [0.29, 0.717) is 0 Å². The average Bonchev–Trinajstić information content (AvgIpc) is 2.96. The lowest BCUT2D eigenvalue weighted by Gasteiger charge is -2.20. The largest absolute Gasteiger partial charge is 0.345 e. The van der Waals surface area contributed by atoms with E-state index in [1.165, 1.54) is 29.3 Å². The fourth-order valence-electron chi connectivity index (χ4n) is 1.75. The maximum absolute atomic E-state index is 4.52. The predicted molar refractivity (Wildman–Crippen MR) is 65.5 cm³/mol. The molecule has 84 valence electrons. The van der Waals surface area contributed by atoms with Crippen molar-refractivity contribution in [1.82, 2.24) is 10.3 Å². The highest BCUT2D eigenvalue weighted by Crippen LogP contribution is 2.34. The Kier molecular flexibility index (Phi) is 3.59. The molecule has 1 aliphatic rings. The molecule has 0 radical (unpaired) electrons. The number of thiazole rings is 1. The van der Waals surface area contributed by atoms with Crippen LogP contribution in [-0.2, 0) is 6.54 Å². The number of nitrogens with zero attached hydrogens (tertiary/aromatic N) is 2. The second kappa shape index (κ2) is 4.94. The van der Waals surface area contributed by atoms with Gasteiger partial charge in [-0.1, -0.05) is 6.92 Å². The Morgan fingerprint density at radius 2 is 2.40 bits per heavy atom. The number of nitrogens with one attached hydrogen (secondary N) is 1. The fourth-order valence-corrected chi connectivity index (χ4v) is 2.77. The first-order valence-electron chi connectivity index (χ1n) is 5.71. The molecule has 0 bridgehead atoms.